The highest BCUT2D eigenvalue weighted by Crippen LogP contribution is 2.21. The zero-order valence-corrected chi connectivity index (χ0v) is 10.8. The van der Waals surface area contributed by atoms with Gasteiger partial charge in [-0.3, -0.25) is 4.79 Å². The summed E-state index contributed by atoms with van der Waals surface area (Å²) in [5.74, 6) is -0.0854. The number of carbonyl (C=O) groups is 1. The highest BCUT2D eigenvalue weighted by molar-refractivity contribution is 5.87. The molecule has 1 aliphatic rings. The minimum absolute atomic E-state index is 0.0286. The van der Waals surface area contributed by atoms with Gasteiger partial charge >= 0.3 is 0 Å². The minimum Gasteiger partial charge on any atom is -0.395 e. The van der Waals surface area contributed by atoms with Crippen molar-refractivity contribution in [1.29, 1.82) is 0 Å². The van der Waals surface area contributed by atoms with Gasteiger partial charge in [-0.15, -0.1) is 0 Å². The molecule has 0 spiro atoms. The van der Waals surface area contributed by atoms with Crippen LogP contribution in [0.2, 0.25) is 0 Å². The van der Waals surface area contributed by atoms with Gasteiger partial charge < -0.3 is 20.5 Å². The van der Waals surface area contributed by atoms with Crippen LogP contribution < -0.4 is 5.73 Å². The average molecular weight is 244 g/mol. The molecule has 5 nitrogen and oxygen atoms in total. The molecule has 100 valence electrons. The van der Waals surface area contributed by atoms with Crippen molar-refractivity contribution in [2.75, 3.05) is 26.4 Å². The Morgan fingerprint density at radius 3 is 2.59 bits per heavy atom. The van der Waals surface area contributed by atoms with E-state index in [0.717, 1.165) is 12.8 Å². The third kappa shape index (κ3) is 3.18. The highest BCUT2D eigenvalue weighted by Gasteiger charge is 2.42. The van der Waals surface area contributed by atoms with Crippen LogP contribution in [0.15, 0.2) is 0 Å². The number of aliphatic hydroxyl groups is 1. The maximum absolute atomic E-state index is 12.4. The lowest BCUT2D eigenvalue weighted by Gasteiger charge is -2.35. The molecule has 17 heavy (non-hydrogen) atoms. The molecule has 1 heterocycles. The third-order valence-corrected chi connectivity index (χ3v) is 3.46. The van der Waals surface area contributed by atoms with Crippen molar-refractivity contribution < 1.29 is 14.6 Å². The fraction of sp³-hybridized carbons (Fsp3) is 0.917. The van der Waals surface area contributed by atoms with Crippen LogP contribution in [0.3, 0.4) is 0 Å². The predicted octanol–water partition coefficient (Wildman–Crippen LogP) is 0.114. The van der Waals surface area contributed by atoms with Gasteiger partial charge in [0.05, 0.1) is 13.2 Å². The molecule has 3 N–H and O–H groups in total. The molecule has 5 heteroatoms. The summed E-state index contributed by atoms with van der Waals surface area (Å²) < 4.78 is 5.22. The highest BCUT2D eigenvalue weighted by atomic mass is 16.5. The lowest BCUT2D eigenvalue weighted by molar-refractivity contribution is -0.140. The van der Waals surface area contributed by atoms with E-state index >= 15 is 0 Å². The van der Waals surface area contributed by atoms with Gasteiger partial charge in [0, 0.05) is 19.2 Å². The third-order valence-electron chi connectivity index (χ3n) is 3.46. The van der Waals surface area contributed by atoms with Gasteiger partial charge in [-0.1, -0.05) is 13.8 Å². The monoisotopic (exact) mass is 244 g/mol. The van der Waals surface area contributed by atoms with Crippen molar-refractivity contribution in [1.82, 2.24) is 4.90 Å². The van der Waals surface area contributed by atoms with Gasteiger partial charge in [-0.05, 0) is 19.3 Å². The van der Waals surface area contributed by atoms with E-state index in [1.807, 2.05) is 13.8 Å². The molecule has 0 aromatic heterocycles. The number of nitrogens with zero attached hydrogens (tertiary/aromatic N) is 1. The van der Waals surface area contributed by atoms with Crippen LogP contribution in [0.25, 0.3) is 0 Å². The van der Waals surface area contributed by atoms with Crippen LogP contribution in [-0.4, -0.2) is 53.9 Å². The second-order valence-electron chi connectivity index (χ2n) is 4.65. The topological polar surface area (TPSA) is 75.8 Å². The normalized spacial score (nSPS) is 24.3. The van der Waals surface area contributed by atoms with Crippen LogP contribution >= 0.6 is 0 Å². The van der Waals surface area contributed by atoms with Gasteiger partial charge in [0.1, 0.15) is 5.54 Å². The number of rotatable bonds is 6. The second-order valence-corrected chi connectivity index (χ2v) is 4.65. The number of hydrogen-bond donors (Lipinski definition) is 2. The quantitative estimate of drug-likeness (QED) is 0.695. The maximum atomic E-state index is 12.4. The molecule has 1 aliphatic heterocycles. The Morgan fingerprint density at radius 2 is 2.18 bits per heavy atom. The van der Waals surface area contributed by atoms with Gasteiger partial charge in [0.25, 0.3) is 0 Å². The summed E-state index contributed by atoms with van der Waals surface area (Å²) in [5.41, 5.74) is 5.19. The van der Waals surface area contributed by atoms with Gasteiger partial charge in [-0.2, -0.15) is 0 Å². The number of ether oxygens (including phenoxy) is 1. The molecule has 0 aromatic carbocycles. The first-order valence-corrected chi connectivity index (χ1v) is 6.37. The minimum atomic E-state index is -0.891. The van der Waals surface area contributed by atoms with Crippen molar-refractivity contribution >= 4 is 5.91 Å². The molecule has 1 unspecified atom stereocenters. The van der Waals surface area contributed by atoms with E-state index in [9.17, 15) is 4.79 Å². The molecule has 1 rings (SSSR count). The first-order chi connectivity index (χ1) is 8.09. The summed E-state index contributed by atoms with van der Waals surface area (Å²) in [6.45, 7) is 5.23. The average Bonchev–Trinajstić information content (AvgIpc) is 2.77. The summed E-state index contributed by atoms with van der Waals surface area (Å²) in [6.07, 6.45) is 2.31. The first-order valence-electron chi connectivity index (χ1n) is 6.37. The maximum Gasteiger partial charge on any atom is 0.245 e. The fourth-order valence-corrected chi connectivity index (χ4v) is 2.32. The van der Waals surface area contributed by atoms with E-state index in [0.29, 0.717) is 19.6 Å². The Kier molecular flexibility index (Phi) is 5.36. The van der Waals surface area contributed by atoms with Crippen LogP contribution in [-0.2, 0) is 9.53 Å². The standard InChI is InChI=1S/C12H24N2O3/c1-3-10(4-2)14(6-7-15)11(16)12(13)5-8-17-9-12/h10,15H,3-9,13H2,1-2H3. The van der Waals surface area contributed by atoms with Crippen LogP contribution in [0.1, 0.15) is 33.1 Å². The zero-order chi connectivity index (χ0) is 12.9. The molecule has 1 saturated heterocycles. The van der Waals surface area contributed by atoms with Crippen LogP contribution in [0.5, 0.6) is 0 Å². The summed E-state index contributed by atoms with van der Waals surface area (Å²) in [6, 6.07) is 0.149. The van der Waals surface area contributed by atoms with Crippen molar-refractivity contribution in [3.05, 3.63) is 0 Å². The van der Waals surface area contributed by atoms with E-state index in [-0.39, 0.29) is 25.2 Å². The molecule has 0 saturated carbocycles. The van der Waals surface area contributed by atoms with E-state index in [4.69, 9.17) is 15.6 Å². The Labute approximate surface area is 103 Å². The summed E-state index contributed by atoms with van der Waals surface area (Å²) in [5, 5.41) is 9.09. The predicted molar refractivity (Wildman–Crippen MR) is 65.5 cm³/mol. The smallest absolute Gasteiger partial charge is 0.245 e. The Morgan fingerprint density at radius 1 is 1.53 bits per heavy atom. The fourth-order valence-electron chi connectivity index (χ4n) is 2.32. The van der Waals surface area contributed by atoms with E-state index < -0.39 is 5.54 Å². The number of amides is 1. The van der Waals surface area contributed by atoms with Gasteiger partial charge in [-0.25, -0.2) is 0 Å². The molecule has 0 aliphatic carbocycles. The van der Waals surface area contributed by atoms with Crippen LogP contribution in [0.4, 0.5) is 0 Å². The van der Waals surface area contributed by atoms with Crippen molar-refractivity contribution in [3.8, 4) is 0 Å². The van der Waals surface area contributed by atoms with Gasteiger partial charge in [0.15, 0.2) is 0 Å². The molecule has 0 bridgehead atoms. The first kappa shape index (κ1) is 14.4. The Balaban J connectivity index is 2.78. The summed E-state index contributed by atoms with van der Waals surface area (Å²) in [4.78, 5) is 14.1. The van der Waals surface area contributed by atoms with Crippen molar-refractivity contribution in [3.63, 3.8) is 0 Å². The summed E-state index contributed by atoms with van der Waals surface area (Å²) >= 11 is 0. The summed E-state index contributed by atoms with van der Waals surface area (Å²) in [7, 11) is 0. The molecule has 0 aromatic rings. The Bertz CT molecular complexity index is 248. The Hall–Kier alpha value is -0.650. The molecular formula is C12H24N2O3. The molecule has 1 fully saturated rings. The second kappa shape index (κ2) is 6.33. The number of nitrogens with two attached hydrogens (primary N) is 1. The zero-order valence-electron chi connectivity index (χ0n) is 10.8. The number of carbonyl (C=O) groups excluding carboxylic acids is 1. The lowest BCUT2D eigenvalue weighted by Crippen LogP contribution is -2.58. The van der Waals surface area contributed by atoms with Crippen LogP contribution in [0, 0.1) is 0 Å². The van der Waals surface area contributed by atoms with E-state index in [1.54, 1.807) is 4.90 Å². The van der Waals surface area contributed by atoms with Crippen molar-refractivity contribution in [2.24, 2.45) is 5.73 Å². The lowest BCUT2D eigenvalue weighted by atomic mass is 9.96. The molecule has 1 atom stereocenters. The molecular weight excluding hydrogens is 220 g/mol. The van der Waals surface area contributed by atoms with E-state index in [2.05, 4.69) is 0 Å². The number of aliphatic hydroxyl groups excluding tert-OH is 1. The van der Waals surface area contributed by atoms with Gasteiger partial charge in [0.2, 0.25) is 5.91 Å². The van der Waals surface area contributed by atoms with Crippen molar-refractivity contribution in [2.45, 2.75) is 44.7 Å². The largest absolute Gasteiger partial charge is 0.395 e. The number of hydrogen-bond acceptors (Lipinski definition) is 4. The van der Waals surface area contributed by atoms with E-state index in [1.165, 1.54) is 0 Å². The SMILES string of the molecule is CCC(CC)N(CCO)C(=O)C1(N)CCOC1. The molecule has 1 amide bonds. The molecule has 0 radical (unpaired) electrons.